The molecule has 0 aromatic carbocycles. The molecular formula is C86H163NO10. The van der Waals surface area contributed by atoms with E-state index in [1.165, 1.54) is 353 Å². The smallest absolute Gasteiger partial charge is 0.305 e. The highest BCUT2D eigenvalue weighted by molar-refractivity contribution is 5.76. The van der Waals surface area contributed by atoms with Crippen LogP contribution in [0.3, 0.4) is 0 Å². The number of carbonyl (C=O) groups is 2. The van der Waals surface area contributed by atoms with Crippen LogP contribution in [0.15, 0.2) is 36.5 Å². The van der Waals surface area contributed by atoms with Crippen LogP contribution in [0.1, 0.15) is 438 Å². The Bertz CT molecular complexity index is 1710. The van der Waals surface area contributed by atoms with Crippen LogP contribution in [0.25, 0.3) is 0 Å². The Morgan fingerprint density at radius 2 is 0.691 bits per heavy atom. The number of nitrogens with one attached hydrogen (secondary N) is 1. The molecule has 1 saturated heterocycles. The number of esters is 1. The van der Waals surface area contributed by atoms with Gasteiger partial charge in [0, 0.05) is 12.8 Å². The minimum atomic E-state index is -1.57. The first kappa shape index (κ1) is 92.9. The lowest BCUT2D eigenvalue weighted by Crippen LogP contribution is -2.60. The van der Waals surface area contributed by atoms with E-state index in [1.54, 1.807) is 6.08 Å². The molecular weight excluding hydrogens is 1210 g/mol. The molecule has 0 saturated carbocycles. The monoisotopic (exact) mass is 1370 g/mol. The van der Waals surface area contributed by atoms with Gasteiger partial charge in [0.2, 0.25) is 5.91 Å². The Morgan fingerprint density at radius 1 is 0.381 bits per heavy atom. The van der Waals surface area contributed by atoms with Gasteiger partial charge in [-0.05, 0) is 64.2 Å². The van der Waals surface area contributed by atoms with Gasteiger partial charge < -0.3 is 45.1 Å². The Balaban J connectivity index is 1.89. The molecule has 0 aliphatic carbocycles. The van der Waals surface area contributed by atoms with Crippen molar-refractivity contribution in [2.45, 2.75) is 480 Å². The highest BCUT2D eigenvalue weighted by Crippen LogP contribution is 2.24. The van der Waals surface area contributed by atoms with Crippen LogP contribution in [0, 0.1) is 0 Å². The lowest BCUT2D eigenvalue weighted by Gasteiger charge is -2.40. The number of carbonyl (C=O) groups excluding carboxylic acids is 2. The third-order valence-corrected chi connectivity index (χ3v) is 20.5. The highest BCUT2D eigenvalue weighted by Gasteiger charge is 2.44. The summed E-state index contributed by atoms with van der Waals surface area (Å²) in [5.41, 5.74) is 0. The zero-order chi connectivity index (χ0) is 70.1. The molecule has 6 N–H and O–H groups in total. The zero-order valence-electron chi connectivity index (χ0n) is 64.1. The fourth-order valence-corrected chi connectivity index (χ4v) is 13.8. The maximum Gasteiger partial charge on any atom is 0.305 e. The van der Waals surface area contributed by atoms with Gasteiger partial charge in [-0.3, -0.25) is 9.59 Å². The summed E-state index contributed by atoms with van der Waals surface area (Å²) in [5.74, 6) is -0.156. The maximum absolute atomic E-state index is 13.1. The lowest BCUT2D eigenvalue weighted by molar-refractivity contribution is -0.302. The molecule has 1 aliphatic heterocycles. The van der Waals surface area contributed by atoms with E-state index in [-0.39, 0.29) is 18.5 Å². The molecule has 0 radical (unpaired) electrons. The van der Waals surface area contributed by atoms with E-state index in [0.717, 1.165) is 57.8 Å². The van der Waals surface area contributed by atoms with E-state index in [4.69, 9.17) is 14.2 Å². The molecule has 11 nitrogen and oxygen atoms in total. The zero-order valence-corrected chi connectivity index (χ0v) is 64.1. The summed E-state index contributed by atoms with van der Waals surface area (Å²) in [6, 6.07) is -0.808. The minimum absolute atomic E-state index is 0.0190. The van der Waals surface area contributed by atoms with Crippen molar-refractivity contribution in [2.75, 3.05) is 19.8 Å². The minimum Gasteiger partial charge on any atom is -0.466 e. The number of allylic oxidation sites excluding steroid dienone is 5. The van der Waals surface area contributed by atoms with Crippen molar-refractivity contribution in [1.29, 1.82) is 0 Å². The predicted octanol–water partition coefficient (Wildman–Crippen LogP) is 23.6. The van der Waals surface area contributed by atoms with Gasteiger partial charge in [-0.15, -0.1) is 0 Å². The van der Waals surface area contributed by atoms with Gasteiger partial charge in [0.1, 0.15) is 24.4 Å². The molecule has 1 rings (SSSR count). The molecule has 7 unspecified atom stereocenters. The molecule has 1 heterocycles. The van der Waals surface area contributed by atoms with E-state index in [2.05, 4.69) is 43.5 Å². The Morgan fingerprint density at radius 3 is 1.04 bits per heavy atom. The van der Waals surface area contributed by atoms with Crippen LogP contribution in [0.5, 0.6) is 0 Å². The van der Waals surface area contributed by atoms with Crippen molar-refractivity contribution in [3.8, 4) is 0 Å². The number of hydrogen-bond acceptors (Lipinski definition) is 10. The molecule has 1 fully saturated rings. The SMILES string of the molecule is CCCCCCCCCCCCCC/C=C/C(O)C(COC1OC(CO)C(O)C(O)C1O)NC(=O)CCCCCCCCCCCCCCCCCCC/C=C\C/C=C\CCCCCCCCCCCCCCCCCOC(=O)CCCCCCCCCCCCCCCCCC. The Kier molecular flexibility index (Phi) is 71.9. The number of aliphatic hydroxyl groups excluding tert-OH is 5. The number of hydrogen-bond donors (Lipinski definition) is 6. The van der Waals surface area contributed by atoms with Crippen molar-refractivity contribution in [3.63, 3.8) is 0 Å². The largest absolute Gasteiger partial charge is 0.466 e. The lowest BCUT2D eigenvalue weighted by atomic mass is 9.99. The van der Waals surface area contributed by atoms with Crippen molar-refractivity contribution >= 4 is 11.9 Å². The summed E-state index contributed by atoms with van der Waals surface area (Å²) < 4.78 is 16.8. The first-order valence-corrected chi connectivity index (χ1v) is 42.8. The first-order valence-electron chi connectivity index (χ1n) is 42.8. The average molecular weight is 1370 g/mol. The normalized spacial score (nSPS) is 17.4. The fourth-order valence-electron chi connectivity index (χ4n) is 13.8. The van der Waals surface area contributed by atoms with E-state index < -0.39 is 49.5 Å². The molecule has 11 heteroatoms. The van der Waals surface area contributed by atoms with Crippen LogP contribution >= 0.6 is 0 Å². The number of ether oxygens (including phenoxy) is 3. The Labute approximate surface area is 600 Å². The molecule has 0 spiro atoms. The third-order valence-electron chi connectivity index (χ3n) is 20.5. The van der Waals surface area contributed by atoms with Crippen molar-refractivity contribution in [1.82, 2.24) is 5.32 Å². The number of aliphatic hydroxyl groups is 5. The van der Waals surface area contributed by atoms with Gasteiger partial charge in [-0.1, -0.05) is 397 Å². The fraction of sp³-hybridized carbons (Fsp3) is 0.907. The van der Waals surface area contributed by atoms with E-state index >= 15 is 0 Å². The van der Waals surface area contributed by atoms with Gasteiger partial charge in [-0.25, -0.2) is 0 Å². The molecule has 0 bridgehead atoms. The number of unbranched alkanes of at least 4 members (excludes halogenated alkanes) is 59. The van der Waals surface area contributed by atoms with E-state index in [9.17, 15) is 35.1 Å². The third kappa shape index (κ3) is 63.3. The molecule has 7 atom stereocenters. The van der Waals surface area contributed by atoms with E-state index in [1.807, 2.05) is 6.08 Å². The average Bonchev–Trinajstić information content (AvgIpc) is 0.843. The summed E-state index contributed by atoms with van der Waals surface area (Å²) in [6.07, 6.45) is 89.1. The van der Waals surface area contributed by atoms with Crippen LogP contribution in [0.2, 0.25) is 0 Å². The van der Waals surface area contributed by atoms with Crippen LogP contribution in [-0.4, -0.2) is 100 Å². The van der Waals surface area contributed by atoms with Crippen molar-refractivity contribution in [3.05, 3.63) is 36.5 Å². The topological polar surface area (TPSA) is 175 Å². The van der Waals surface area contributed by atoms with Crippen molar-refractivity contribution < 1.29 is 49.3 Å². The van der Waals surface area contributed by atoms with Gasteiger partial charge in [0.15, 0.2) is 6.29 Å². The van der Waals surface area contributed by atoms with Crippen LogP contribution in [-0.2, 0) is 23.8 Å². The second kappa shape index (κ2) is 75.1. The summed E-state index contributed by atoms with van der Waals surface area (Å²) in [6.45, 7) is 4.41. The first-order chi connectivity index (χ1) is 47.7. The van der Waals surface area contributed by atoms with Crippen LogP contribution < -0.4 is 5.32 Å². The van der Waals surface area contributed by atoms with E-state index in [0.29, 0.717) is 19.4 Å². The Hall–Kier alpha value is -2.12. The number of amides is 1. The molecule has 1 aliphatic rings. The highest BCUT2D eigenvalue weighted by atomic mass is 16.7. The maximum atomic E-state index is 13.1. The summed E-state index contributed by atoms with van der Waals surface area (Å²) in [5, 5.41) is 54.6. The van der Waals surface area contributed by atoms with Crippen LogP contribution in [0.4, 0.5) is 0 Å². The van der Waals surface area contributed by atoms with Gasteiger partial charge in [0.05, 0.1) is 32.0 Å². The summed E-state index contributed by atoms with van der Waals surface area (Å²) >= 11 is 0. The molecule has 0 aromatic heterocycles. The van der Waals surface area contributed by atoms with Gasteiger partial charge in [0.25, 0.3) is 0 Å². The second-order valence-corrected chi connectivity index (χ2v) is 29.9. The summed E-state index contributed by atoms with van der Waals surface area (Å²) in [4.78, 5) is 25.2. The molecule has 0 aromatic rings. The molecule has 572 valence electrons. The van der Waals surface area contributed by atoms with Crippen molar-refractivity contribution in [2.24, 2.45) is 0 Å². The standard InChI is InChI=1S/C86H163NO10/c1-3-5-7-9-11-13-15-17-19-46-50-54-58-62-66-70-74-82(91)95-75-71-67-63-59-55-51-47-44-42-40-38-36-34-32-30-28-26-24-22-20-21-23-25-27-29-31-33-35-37-39-41-43-45-49-53-57-61-65-69-73-81(90)87-78(77-96-86-85(94)84(93)83(92)80(76-88)97-86)79(89)72-68-64-60-56-52-48-18-16-14-12-10-8-6-4-2/h20-21,24,26,68,72,78-80,83-86,88-89,92-94H,3-19,22-23,25,27-67,69-71,73-77H2,1-2H3,(H,87,90)/b21-20-,26-24-,72-68+. The second-order valence-electron chi connectivity index (χ2n) is 29.9. The van der Waals surface area contributed by atoms with Gasteiger partial charge in [-0.2, -0.15) is 0 Å². The quantitative estimate of drug-likeness (QED) is 0.0195. The number of rotatable bonds is 77. The predicted molar refractivity (Wildman–Crippen MR) is 412 cm³/mol. The molecule has 97 heavy (non-hydrogen) atoms. The molecule has 1 amide bonds. The summed E-state index contributed by atoms with van der Waals surface area (Å²) in [7, 11) is 0. The van der Waals surface area contributed by atoms with Gasteiger partial charge >= 0.3 is 5.97 Å².